The van der Waals surface area contributed by atoms with E-state index < -0.39 is 23.6 Å². The van der Waals surface area contributed by atoms with Crippen molar-refractivity contribution in [2.75, 3.05) is 13.1 Å². The number of aliphatic carboxylic acids is 2. The van der Waals surface area contributed by atoms with E-state index in [1.807, 2.05) is 0 Å². The first-order valence-electron chi connectivity index (χ1n) is 7.11. The number of hydrogen-bond acceptors (Lipinski definition) is 5. The van der Waals surface area contributed by atoms with Gasteiger partial charge < -0.3 is 26.0 Å². The summed E-state index contributed by atoms with van der Waals surface area (Å²) in [7, 11) is 0. The fourth-order valence-corrected chi connectivity index (χ4v) is 1.12. The van der Waals surface area contributed by atoms with E-state index in [0.29, 0.717) is 25.9 Å². The molecule has 8 nitrogen and oxygen atoms in total. The lowest BCUT2D eigenvalue weighted by molar-refractivity contribution is -0.141. The van der Waals surface area contributed by atoms with Crippen molar-refractivity contribution in [3.8, 4) is 0 Å². The first-order chi connectivity index (χ1) is 9.99. The van der Waals surface area contributed by atoms with Crippen LogP contribution < -0.4 is 11.1 Å². The molecule has 0 heterocycles. The van der Waals surface area contributed by atoms with Gasteiger partial charge in [0.15, 0.2) is 0 Å². The smallest absolute Gasteiger partial charge is 0.407 e. The molecule has 5 N–H and O–H groups in total. The van der Waals surface area contributed by atoms with Crippen LogP contribution in [0.25, 0.3) is 0 Å². The standard InChI is InChI=1S/C9H17NO4.C5H11NO2.ClH/c1-9(2,3)14-8(13)10-6-4-5-7(11)12;1-4(2-3-6)5(7)8;/h4-6H2,1-3H3,(H,10,13)(H,11,12);4H,2-3,6H2,1H3,(H,7,8);1H. The maximum Gasteiger partial charge on any atom is 0.407 e. The Hall–Kier alpha value is -1.54. The van der Waals surface area contributed by atoms with Gasteiger partial charge in [-0.1, -0.05) is 6.92 Å². The zero-order valence-corrected chi connectivity index (χ0v) is 14.9. The number of hydrogen-bond donors (Lipinski definition) is 4. The molecule has 0 spiro atoms. The summed E-state index contributed by atoms with van der Waals surface area (Å²) in [6, 6.07) is 0. The summed E-state index contributed by atoms with van der Waals surface area (Å²) in [5, 5.41) is 19.0. The lowest BCUT2D eigenvalue weighted by Crippen LogP contribution is -2.33. The largest absolute Gasteiger partial charge is 0.481 e. The second-order valence-corrected chi connectivity index (χ2v) is 5.74. The van der Waals surface area contributed by atoms with Crippen LogP contribution in [0.4, 0.5) is 4.79 Å². The fraction of sp³-hybridized carbons (Fsp3) is 0.786. The topological polar surface area (TPSA) is 139 Å². The van der Waals surface area contributed by atoms with Gasteiger partial charge in [0.1, 0.15) is 5.60 Å². The zero-order chi connectivity index (χ0) is 17.8. The molecule has 23 heavy (non-hydrogen) atoms. The predicted molar refractivity (Wildman–Crippen MR) is 88.8 cm³/mol. The molecule has 138 valence electrons. The van der Waals surface area contributed by atoms with E-state index in [-0.39, 0.29) is 24.7 Å². The molecule has 9 heteroatoms. The Morgan fingerprint density at radius 2 is 1.74 bits per heavy atom. The minimum Gasteiger partial charge on any atom is -0.481 e. The lowest BCUT2D eigenvalue weighted by Gasteiger charge is -2.19. The molecule has 0 bridgehead atoms. The van der Waals surface area contributed by atoms with E-state index in [0.717, 1.165) is 0 Å². The molecule has 0 aromatic heterocycles. The van der Waals surface area contributed by atoms with Gasteiger partial charge in [0.25, 0.3) is 0 Å². The van der Waals surface area contributed by atoms with Crippen molar-refractivity contribution in [2.24, 2.45) is 11.7 Å². The van der Waals surface area contributed by atoms with Crippen LogP contribution in [0, 0.1) is 5.92 Å². The van der Waals surface area contributed by atoms with Crippen LogP contribution in [-0.4, -0.2) is 46.9 Å². The van der Waals surface area contributed by atoms with Crippen molar-refractivity contribution < 1.29 is 29.3 Å². The van der Waals surface area contributed by atoms with Gasteiger partial charge in [0, 0.05) is 13.0 Å². The normalized spacial score (nSPS) is 11.2. The molecule has 0 aliphatic carbocycles. The van der Waals surface area contributed by atoms with Crippen molar-refractivity contribution in [3.05, 3.63) is 0 Å². The van der Waals surface area contributed by atoms with Crippen molar-refractivity contribution in [3.63, 3.8) is 0 Å². The molecule has 0 radical (unpaired) electrons. The van der Waals surface area contributed by atoms with E-state index in [9.17, 15) is 14.4 Å². The minimum atomic E-state index is -0.865. The van der Waals surface area contributed by atoms with Gasteiger partial charge in [-0.25, -0.2) is 4.79 Å². The highest BCUT2D eigenvalue weighted by atomic mass is 35.5. The van der Waals surface area contributed by atoms with Crippen LogP contribution in [0.2, 0.25) is 0 Å². The maximum absolute atomic E-state index is 11.0. The minimum absolute atomic E-state index is 0. The maximum atomic E-state index is 11.0. The van der Waals surface area contributed by atoms with E-state index in [2.05, 4.69) is 5.32 Å². The highest BCUT2D eigenvalue weighted by Gasteiger charge is 2.15. The first kappa shape index (κ1) is 26.4. The van der Waals surface area contributed by atoms with E-state index in [4.69, 9.17) is 20.7 Å². The molecule has 0 rings (SSSR count). The van der Waals surface area contributed by atoms with Crippen LogP contribution in [-0.2, 0) is 14.3 Å². The monoisotopic (exact) mass is 356 g/mol. The van der Waals surface area contributed by atoms with E-state index >= 15 is 0 Å². The Balaban J connectivity index is -0.000000382. The summed E-state index contributed by atoms with van der Waals surface area (Å²) in [6.07, 6.45) is 0.516. The van der Waals surface area contributed by atoms with Gasteiger partial charge in [-0.15, -0.1) is 12.4 Å². The molecule has 0 saturated carbocycles. The van der Waals surface area contributed by atoms with Crippen LogP contribution in [0.3, 0.4) is 0 Å². The average molecular weight is 357 g/mol. The summed E-state index contributed by atoms with van der Waals surface area (Å²) in [5.41, 5.74) is 4.59. The van der Waals surface area contributed by atoms with Gasteiger partial charge in [0.05, 0.1) is 5.92 Å². The van der Waals surface area contributed by atoms with Gasteiger partial charge >= 0.3 is 18.0 Å². The molecule has 0 aromatic carbocycles. The first-order valence-corrected chi connectivity index (χ1v) is 7.11. The molecule has 0 aliphatic heterocycles. The number of nitrogens with one attached hydrogen (secondary N) is 1. The summed E-state index contributed by atoms with van der Waals surface area (Å²) >= 11 is 0. The van der Waals surface area contributed by atoms with Crippen LogP contribution in [0.15, 0.2) is 0 Å². The molecule has 0 aliphatic rings. The molecule has 1 unspecified atom stereocenters. The Labute approximate surface area is 143 Å². The highest BCUT2D eigenvalue weighted by Crippen LogP contribution is 2.06. The number of ether oxygens (including phenoxy) is 1. The molecule has 0 aromatic rings. The summed E-state index contributed by atoms with van der Waals surface area (Å²) in [5.74, 6) is -1.92. The van der Waals surface area contributed by atoms with Crippen LogP contribution >= 0.6 is 12.4 Å². The number of carbonyl (C=O) groups excluding carboxylic acids is 1. The van der Waals surface area contributed by atoms with Gasteiger partial charge in [-0.05, 0) is 40.2 Å². The lowest BCUT2D eigenvalue weighted by atomic mass is 10.1. The van der Waals surface area contributed by atoms with Gasteiger partial charge in [-0.2, -0.15) is 0 Å². The Morgan fingerprint density at radius 1 is 1.22 bits per heavy atom. The fourth-order valence-electron chi connectivity index (χ4n) is 1.12. The number of alkyl carbamates (subject to hydrolysis) is 1. The number of carbonyl (C=O) groups is 3. The summed E-state index contributed by atoms with van der Waals surface area (Å²) in [4.78, 5) is 31.2. The third-order valence-corrected chi connectivity index (χ3v) is 2.26. The second kappa shape index (κ2) is 14.1. The number of carboxylic acids is 2. The van der Waals surface area contributed by atoms with Crippen molar-refractivity contribution >= 4 is 30.4 Å². The van der Waals surface area contributed by atoms with E-state index in [1.165, 1.54) is 0 Å². The average Bonchev–Trinajstić information content (AvgIpc) is 2.33. The van der Waals surface area contributed by atoms with Gasteiger partial charge in [-0.3, -0.25) is 9.59 Å². The SMILES string of the molecule is CC(C)(C)OC(=O)NCCCC(=O)O.CC(CCN)C(=O)O.Cl. The third-order valence-electron chi connectivity index (χ3n) is 2.26. The molecule has 0 saturated heterocycles. The number of rotatable bonds is 7. The van der Waals surface area contributed by atoms with Gasteiger partial charge in [0.2, 0.25) is 0 Å². The molecular weight excluding hydrogens is 328 g/mol. The van der Waals surface area contributed by atoms with E-state index in [1.54, 1.807) is 27.7 Å². The van der Waals surface area contributed by atoms with Crippen LogP contribution in [0.1, 0.15) is 47.0 Å². The quantitative estimate of drug-likeness (QED) is 0.510. The molecule has 1 amide bonds. The van der Waals surface area contributed by atoms with Crippen LogP contribution in [0.5, 0.6) is 0 Å². The van der Waals surface area contributed by atoms with Crippen molar-refractivity contribution in [2.45, 2.75) is 52.6 Å². The second-order valence-electron chi connectivity index (χ2n) is 5.74. The summed E-state index contributed by atoms with van der Waals surface area (Å²) < 4.78 is 4.95. The number of halogens is 1. The predicted octanol–water partition coefficient (Wildman–Crippen LogP) is 1.85. The third kappa shape index (κ3) is 22.9. The zero-order valence-electron chi connectivity index (χ0n) is 14.1. The Kier molecular flexibility index (Phi) is 16.1. The Bertz CT molecular complexity index is 358. The number of nitrogens with two attached hydrogens (primary N) is 1. The van der Waals surface area contributed by atoms with Crippen molar-refractivity contribution in [1.29, 1.82) is 0 Å². The van der Waals surface area contributed by atoms with Crippen molar-refractivity contribution in [1.82, 2.24) is 5.32 Å². The summed E-state index contributed by atoms with van der Waals surface area (Å²) in [6.45, 7) is 7.72. The Morgan fingerprint density at radius 3 is 2.04 bits per heavy atom. The number of amides is 1. The molecule has 0 fully saturated rings. The molecule has 1 atom stereocenters. The molecular formula is C14H29ClN2O6. The number of carboxylic acid groups (broad SMARTS) is 2. The highest BCUT2D eigenvalue weighted by molar-refractivity contribution is 5.85.